The summed E-state index contributed by atoms with van der Waals surface area (Å²) in [5.41, 5.74) is 0. The third-order valence-corrected chi connectivity index (χ3v) is 1.87. The maximum Gasteiger partial charge on any atom is 0.305 e. The Balaban J connectivity index is 3.36. The lowest BCUT2D eigenvalue weighted by Gasteiger charge is -2.11. The Morgan fingerprint density at radius 1 is 1.29 bits per heavy atom. The average molecular weight is 202 g/mol. The Hall–Kier alpha value is -0.570. The molecule has 0 saturated heterocycles. The van der Waals surface area contributed by atoms with Gasteiger partial charge in [0.05, 0.1) is 13.2 Å². The molecule has 0 aromatic carbocycles. The van der Waals surface area contributed by atoms with Gasteiger partial charge in [0.25, 0.3) is 0 Å². The quantitative estimate of drug-likeness (QED) is 0.567. The van der Waals surface area contributed by atoms with Gasteiger partial charge in [-0.1, -0.05) is 20.3 Å². The molecular formula is C11H22O3. The van der Waals surface area contributed by atoms with Crippen LogP contribution in [0.3, 0.4) is 0 Å². The highest BCUT2D eigenvalue weighted by Gasteiger charge is 2.06. The summed E-state index contributed by atoms with van der Waals surface area (Å²) >= 11 is 0. The Morgan fingerprint density at radius 3 is 2.57 bits per heavy atom. The van der Waals surface area contributed by atoms with Gasteiger partial charge in [0.2, 0.25) is 0 Å². The first kappa shape index (κ1) is 13.4. The lowest BCUT2D eigenvalue weighted by molar-refractivity contribution is -0.145. The fourth-order valence-corrected chi connectivity index (χ4v) is 0.996. The van der Waals surface area contributed by atoms with Crippen LogP contribution in [0.1, 0.15) is 40.0 Å². The molecule has 0 amide bonds. The summed E-state index contributed by atoms with van der Waals surface area (Å²) < 4.78 is 10.3. The molecule has 0 rings (SSSR count). The van der Waals surface area contributed by atoms with E-state index in [9.17, 15) is 4.79 Å². The number of rotatable bonds is 8. The normalized spacial score (nSPS) is 12.5. The average Bonchev–Trinajstić information content (AvgIpc) is 2.20. The van der Waals surface area contributed by atoms with Gasteiger partial charge in [-0.05, 0) is 13.3 Å². The smallest absolute Gasteiger partial charge is 0.305 e. The van der Waals surface area contributed by atoms with Crippen LogP contribution in [0.5, 0.6) is 0 Å². The second-order valence-corrected chi connectivity index (χ2v) is 3.55. The van der Waals surface area contributed by atoms with E-state index in [0.29, 0.717) is 32.2 Å². The third-order valence-electron chi connectivity index (χ3n) is 1.87. The monoisotopic (exact) mass is 202 g/mol. The van der Waals surface area contributed by atoms with Crippen LogP contribution in [0, 0.1) is 5.92 Å². The molecule has 0 radical (unpaired) electrons. The Labute approximate surface area is 86.8 Å². The van der Waals surface area contributed by atoms with E-state index in [1.165, 1.54) is 0 Å². The SMILES string of the molecule is CCCCC(=O)OCC(C)COCC. The molecule has 0 aliphatic rings. The lowest BCUT2D eigenvalue weighted by atomic mass is 10.2. The van der Waals surface area contributed by atoms with Gasteiger partial charge in [-0.15, -0.1) is 0 Å². The van der Waals surface area contributed by atoms with E-state index in [-0.39, 0.29) is 5.97 Å². The number of esters is 1. The zero-order chi connectivity index (χ0) is 10.8. The van der Waals surface area contributed by atoms with Crippen molar-refractivity contribution in [2.24, 2.45) is 5.92 Å². The zero-order valence-corrected chi connectivity index (χ0v) is 9.54. The van der Waals surface area contributed by atoms with Crippen LogP contribution in [0.4, 0.5) is 0 Å². The van der Waals surface area contributed by atoms with Crippen molar-refractivity contribution in [2.45, 2.75) is 40.0 Å². The van der Waals surface area contributed by atoms with Gasteiger partial charge in [0.15, 0.2) is 0 Å². The van der Waals surface area contributed by atoms with E-state index in [1.807, 2.05) is 13.8 Å². The molecule has 0 fully saturated rings. The summed E-state index contributed by atoms with van der Waals surface area (Å²) in [4.78, 5) is 11.1. The van der Waals surface area contributed by atoms with E-state index in [1.54, 1.807) is 0 Å². The summed E-state index contributed by atoms with van der Waals surface area (Å²) in [7, 11) is 0. The van der Waals surface area contributed by atoms with Crippen molar-refractivity contribution in [3.63, 3.8) is 0 Å². The fourth-order valence-electron chi connectivity index (χ4n) is 0.996. The van der Waals surface area contributed by atoms with Crippen LogP contribution in [-0.4, -0.2) is 25.8 Å². The highest BCUT2D eigenvalue weighted by Crippen LogP contribution is 2.01. The molecule has 3 heteroatoms. The number of carbonyl (C=O) groups is 1. The molecule has 0 saturated carbocycles. The minimum absolute atomic E-state index is 0.0878. The van der Waals surface area contributed by atoms with Crippen molar-refractivity contribution in [3.8, 4) is 0 Å². The maximum absolute atomic E-state index is 11.1. The molecule has 1 atom stereocenters. The largest absolute Gasteiger partial charge is 0.465 e. The minimum atomic E-state index is -0.0878. The second-order valence-electron chi connectivity index (χ2n) is 3.55. The van der Waals surface area contributed by atoms with Crippen LogP contribution < -0.4 is 0 Å². The molecule has 0 spiro atoms. The Morgan fingerprint density at radius 2 is 2.00 bits per heavy atom. The predicted octanol–water partition coefficient (Wildman–Crippen LogP) is 2.39. The van der Waals surface area contributed by atoms with Gasteiger partial charge in [-0.3, -0.25) is 4.79 Å². The van der Waals surface area contributed by atoms with Gasteiger partial charge in [0, 0.05) is 18.9 Å². The zero-order valence-electron chi connectivity index (χ0n) is 9.54. The van der Waals surface area contributed by atoms with Gasteiger partial charge >= 0.3 is 5.97 Å². The number of unbranched alkanes of at least 4 members (excludes halogenated alkanes) is 1. The minimum Gasteiger partial charge on any atom is -0.465 e. The molecule has 14 heavy (non-hydrogen) atoms. The van der Waals surface area contributed by atoms with Crippen molar-refractivity contribution in [1.82, 2.24) is 0 Å². The maximum atomic E-state index is 11.1. The summed E-state index contributed by atoms with van der Waals surface area (Å²) in [5, 5.41) is 0. The van der Waals surface area contributed by atoms with Gasteiger partial charge in [-0.25, -0.2) is 0 Å². The van der Waals surface area contributed by atoms with Crippen LogP contribution in [0.25, 0.3) is 0 Å². The molecular weight excluding hydrogens is 180 g/mol. The Kier molecular flexibility index (Phi) is 8.64. The molecule has 0 bridgehead atoms. The van der Waals surface area contributed by atoms with Crippen LogP contribution in [0.15, 0.2) is 0 Å². The molecule has 0 aliphatic carbocycles. The first-order valence-corrected chi connectivity index (χ1v) is 5.44. The molecule has 0 heterocycles. The number of hydrogen-bond acceptors (Lipinski definition) is 3. The second kappa shape index (κ2) is 9.00. The third kappa shape index (κ3) is 8.05. The highest BCUT2D eigenvalue weighted by atomic mass is 16.5. The van der Waals surface area contributed by atoms with Crippen LogP contribution in [-0.2, 0) is 14.3 Å². The van der Waals surface area contributed by atoms with Crippen molar-refractivity contribution >= 4 is 5.97 Å². The van der Waals surface area contributed by atoms with Gasteiger partial charge in [0.1, 0.15) is 0 Å². The molecule has 0 aromatic heterocycles. The molecule has 3 nitrogen and oxygen atoms in total. The summed E-state index contributed by atoms with van der Waals surface area (Å²) in [6.07, 6.45) is 2.49. The molecule has 0 N–H and O–H groups in total. The first-order valence-electron chi connectivity index (χ1n) is 5.44. The Bertz CT molecular complexity index is 145. The topological polar surface area (TPSA) is 35.5 Å². The van der Waals surface area contributed by atoms with Crippen molar-refractivity contribution in [3.05, 3.63) is 0 Å². The predicted molar refractivity (Wildman–Crippen MR) is 56.1 cm³/mol. The van der Waals surface area contributed by atoms with E-state index < -0.39 is 0 Å². The van der Waals surface area contributed by atoms with Gasteiger partial charge < -0.3 is 9.47 Å². The van der Waals surface area contributed by atoms with Crippen molar-refractivity contribution in [1.29, 1.82) is 0 Å². The number of carbonyl (C=O) groups excluding carboxylic acids is 1. The first-order chi connectivity index (χ1) is 6.70. The van der Waals surface area contributed by atoms with E-state index >= 15 is 0 Å². The van der Waals surface area contributed by atoms with Crippen LogP contribution in [0.2, 0.25) is 0 Å². The van der Waals surface area contributed by atoms with Crippen molar-refractivity contribution in [2.75, 3.05) is 19.8 Å². The van der Waals surface area contributed by atoms with Gasteiger partial charge in [-0.2, -0.15) is 0 Å². The summed E-state index contributed by atoms with van der Waals surface area (Å²) in [5.74, 6) is 0.204. The summed E-state index contributed by atoms with van der Waals surface area (Å²) in [6.45, 7) is 7.89. The summed E-state index contributed by atoms with van der Waals surface area (Å²) in [6, 6.07) is 0. The van der Waals surface area contributed by atoms with Crippen molar-refractivity contribution < 1.29 is 14.3 Å². The fraction of sp³-hybridized carbons (Fsp3) is 0.909. The number of hydrogen-bond donors (Lipinski definition) is 0. The lowest BCUT2D eigenvalue weighted by Crippen LogP contribution is -2.16. The molecule has 1 unspecified atom stereocenters. The molecule has 0 aliphatic heterocycles. The molecule has 84 valence electrons. The van der Waals surface area contributed by atoms with E-state index in [4.69, 9.17) is 9.47 Å². The number of ether oxygens (including phenoxy) is 2. The standard InChI is InChI=1S/C11H22O3/c1-4-6-7-11(12)14-9-10(3)8-13-5-2/h10H,4-9H2,1-3H3. The van der Waals surface area contributed by atoms with Crippen LogP contribution >= 0.6 is 0 Å². The van der Waals surface area contributed by atoms with E-state index in [0.717, 1.165) is 12.8 Å². The molecule has 0 aromatic rings. The highest BCUT2D eigenvalue weighted by molar-refractivity contribution is 5.69. The van der Waals surface area contributed by atoms with E-state index in [2.05, 4.69) is 6.92 Å².